The van der Waals surface area contributed by atoms with Gasteiger partial charge >= 0.3 is 0 Å². The first-order valence-electron chi connectivity index (χ1n) is 3.75. The van der Waals surface area contributed by atoms with Gasteiger partial charge < -0.3 is 5.73 Å². The Morgan fingerprint density at radius 2 is 2.08 bits per heavy atom. The van der Waals surface area contributed by atoms with Gasteiger partial charge in [0.15, 0.2) is 5.65 Å². The predicted molar refractivity (Wildman–Crippen MR) is 48.7 cm³/mol. The second-order valence-electron chi connectivity index (χ2n) is 2.74. The standard InChI is InChI=1S/C9H9N3/c1-6-4-5-11-9-7(6)2-3-8(10)12-9/h2-5H,1H3,(H2,10,11,12). The van der Waals surface area contributed by atoms with Gasteiger partial charge in [0.05, 0.1) is 0 Å². The second-order valence-corrected chi connectivity index (χ2v) is 2.74. The smallest absolute Gasteiger partial charge is 0.161 e. The number of pyridine rings is 2. The fraction of sp³-hybridized carbons (Fsp3) is 0.111. The van der Waals surface area contributed by atoms with E-state index in [-0.39, 0.29) is 0 Å². The number of nitrogens with zero attached hydrogens (tertiary/aromatic N) is 2. The number of aromatic nitrogens is 2. The summed E-state index contributed by atoms with van der Waals surface area (Å²) in [5, 5.41) is 1.06. The first kappa shape index (κ1) is 7.03. The van der Waals surface area contributed by atoms with E-state index in [0.29, 0.717) is 5.82 Å². The third kappa shape index (κ3) is 0.993. The van der Waals surface area contributed by atoms with Crippen molar-refractivity contribution in [2.45, 2.75) is 6.92 Å². The largest absolute Gasteiger partial charge is 0.384 e. The lowest BCUT2D eigenvalue weighted by atomic mass is 10.2. The lowest BCUT2D eigenvalue weighted by Crippen LogP contribution is -1.92. The van der Waals surface area contributed by atoms with Crippen molar-refractivity contribution in [3.05, 3.63) is 30.0 Å². The van der Waals surface area contributed by atoms with Crippen molar-refractivity contribution in [2.75, 3.05) is 5.73 Å². The minimum absolute atomic E-state index is 0.514. The molecule has 2 rings (SSSR count). The molecule has 12 heavy (non-hydrogen) atoms. The quantitative estimate of drug-likeness (QED) is 0.634. The molecule has 0 aliphatic rings. The molecule has 0 saturated heterocycles. The van der Waals surface area contributed by atoms with Crippen molar-refractivity contribution in [2.24, 2.45) is 0 Å². The molecule has 2 aromatic rings. The van der Waals surface area contributed by atoms with Crippen LogP contribution in [0.25, 0.3) is 11.0 Å². The van der Waals surface area contributed by atoms with E-state index in [2.05, 4.69) is 9.97 Å². The highest BCUT2D eigenvalue weighted by Crippen LogP contribution is 2.14. The summed E-state index contributed by atoms with van der Waals surface area (Å²) in [4.78, 5) is 8.21. The molecule has 3 heteroatoms. The zero-order chi connectivity index (χ0) is 8.55. The van der Waals surface area contributed by atoms with Crippen LogP contribution in [0.1, 0.15) is 5.56 Å². The summed E-state index contributed by atoms with van der Waals surface area (Å²) in [5.74, 6) is 0.514. The van der Waals surface area contributed by atoms with Crippen molar-refractivity contribution in [1.82, 2.24) is 9.97 Å². The minimum Gasteiger partial charge on any atom is -0.384 e. The normalized spacial score (nSPS) is 10.4. The molecule has 2 N–H and O–H groups in total. The molecule has 0 unspecified atom stereocenters. The molecule has 0 aromatic carbocycles. The Morgan fingerprint density at radius 3 is 2.92 bits per heavy atom. The van der Waals surface area contributed by atoms with E-state index in [0.717, 1.165) is 11.0 Å². The van der Waals surface area contributed by atoms with E-state index in [1.165, 1.54) is 5.56 Å². The van der Waals surface area contributed by atoms with E-state index in [4.69, 9.17) is 5.73 Å². The second kappa shape index (κ2) is 2.44. The van der Waals surface area contributed by atoms with Crippen LogP contribution >= 0.6 is 0 Å². The maximum atomic E-state index is 5.52. The van der Waals surface area contributed by atoms with Crippen LogP contribution in [-0.4, -0.2) is 9.97 Å². The third-order valence-electron chi connectivity index (χ3n) is 1.84. The highest BCUT2D eigenvalue weighted by atomic mass is 14.9. The Labute approximate surface area is 70.3 Å². The molecule has 0 aliphatic heterocycles. The number of nitrogens with two attached hydrogens (primary N) is 1. The average Bonchev–Trinajstić information content (AvgIpc) is 2.04. The molecule has 0 spiro atoms. The highest BCUT2D eigenvalue weighted by molar-refractivity contribution is 5.79. The SMILES string of the molecule is Cc1ccnc2nc(N)ccc12. The van der Waals surface area contributed by atoms with Gasteiger partial charge in [-0.25, -0.2) is 9.97 Å². The molecule has 0 aliphatic carbocycles. The van der Waals surface area contributed by atoms with E-state index in [9.17, 15) is 0 Å². The number of anilines is 1. The third-order valence-corrected chi connectivity index (χ3v) is 1.84. The van der Waals surface area contributed by atoms with Gasteiger partial charge in [0.25, 0.3) is 0 Å². The molecule has 0 saturated carbocycles. The summed E-state index contributed by atoms with van der Waals surface area (Å²) in [5.41, 5.74) is 7.41. The first-order valence-corrected chi connectivity index (χ1v) is 3.75. The van der Waals surface area contributed by atoms with Gasteiger partial charge in [0.2, 0.25) is 0 Å². The maximum Gasteiger partial charge on any atom is 0.161 e. The van der Waals surface area contributed by atoms with Crippen LogP contribution in [0.3, 0.4) is 0 Å². The molecule has 0 amide bonds. The molecular weight excluding hydrogens is 150 g/mol. The fourth-order valence-corrected chi connectivity index (χ4v) is 1.18. The van der Waals surface area contributed by atoms with Crippen LogP contribution in [0.2, 0.25) is 0 Å². The number of fused-ring (bicyclic) bond motifs is 1. The Balaban J connectivity index is 2.86. The molecule has 2 aromatic heterocycles. The number of nitrogen functional groups attached to an aromatic ring is 1. The molecule has 3 nitrogen and oxygen atoms in total. The predicted octanol–water partition coefficient (Wildman–Crippen LogP) is 1.52. The van der Waals surface area contributed by atoms with Crippen LogP contribution < -0.4 is 5.73 Å². The Morgan fingerprint density at radius 1 is 1.25 bits per heavy atom. The zero-order valence-electron chi connectivity index (χ0n) is 6.78. The van der Waals surface area contributed by atoms with Gasteiger partial charge in [0, 0.05) is 11.6 Å². The van der Waals surface area contributed by atoms with Crippen molar-refractivity contribution >= 4 is 16.9 Å². The highest BCUT2D eigenvalue weighted by Gasteiger charge is 1.98. The number of aryl methyl sites for hydroxylation is 1. The maximum absolute atomic E-state index is 5.52. The van der Waals surface area contributed by atoms with Crippen molar-refractivity contribution in [3.63, 3.8) is 0 Å². The lowest BCUT2D eigenvalue weighted by Gasteiger charge is -1.99. The average molecular weight is 159 g/mol. The molecule has 60 valence electrons. The number of hydrogen-bond acceptors (Lipinski definition) is 3. The molecular formula is C9H9N3. The van der Waals surface area contributed by atoms with Crippen molar-refractivity contribution in [3.8, 4) is 0 Å². The van der Waals surface area contributed by atoms with E-state index in [1.807, 2.05) is 19.1 Å². The monoisotopic (exact) mass is 159 g/mol. The van der Waals surface area contributed by atoms with Crippen LogP contribution in [0.15, 0.2) is 24.4 Å². The zero-order valence-corrected chi connectivity index (χ0v) is 6.78. The Bertz CT molecular complexity index is 423. The van der Waals surface area contributed by atoms with Gasteiger partial charge in [-0.1, -0.05) is 0 Å². The summed E-state index contributed by atoms with van der Waals surface area (Å²) < 4.78 is 0. The van der Waals surface area contributed by atoms with Crippen LogP contribution in [0.4, 0.5) is 5.82 Å². The van der Waals surface area contributed by atoms with Crippen molar-refractivity contribution < 1.29 is 0 Å². The van der Waals surface area contributed by atoms with E-state index in [1.54, 1.807) is 12.3 Å². The fourth-order valence-electron chi connectivity index (χ4n) is 1.18. The Hall–Kier alpha value is -1.64. The molecule has 2 heterocycles. The molecule has 0 atom stereocenters. The van der Waals surface area contributed by atoms with E-state index >= 15 is 0 Å². The summed E-state index contributed by atoms with van der Waals surface area (Å²) in [6.45, 7) is 2.03. The van der Waals surface area contributed by atoms with Gasteiger partial charge in [-0.3, -0.25) is 0 Å². The summed E-state index contributed by atoms with van der Waals surface area (Å²) in [6, 6.07) is 5.69. The Kier molecular flexibility index (Phi) is 1.43. The van der Waals surface area contributed by atoms with Crippen LogP contribution in [0.5, 0.6) is 0 Å². The number of rotatable bonds is 0. The van der Waals surface area contributed by atoms with E-state index < -0.39 is 0 Å². The summed E-state index contributed by atoms with van der Waals surface area (Å²) in [7, 11) is 0. The molecule has 0 fully saturated rings. The minimum atomic E-state index is 0.514. The summed E-state index contributed by atoms with van der Waals surface area (Å²) >= 11 is 0. The topological polar surface area (TPSA) is 51.8 Å². The van der Waals surface area contributed by atoms with Gasteiger partial charge in [-0.15, -0.1) is 0 Å². The lowest BCUT2D eigenvalue weighted by molar-refractivity contribution is 1.27. The van der Waals surface area contributed by atoms with Gasteiger partial charge in [-0.05, 0) is 30.7 Å². The van der Waals surface area contributed by atoms with Crippen LogP contribution in [0, 0.1) is 6.92 Å². The van der Waals surface area contributed by atoms with Gasteiger partial charge in [0.1, 0.15) is 5.82 Å². The van der Waals surface area contributed by atoms with Gasteiger partial charge in [-0.2, -0.15) is 0 Å². The van der Waals surface area contributed by atoms with Crippen LogP contribution in [-0.2, 0) is 0 Å². The number of hydrogen-bond donors (Lipinski definition) is 1. The first-order chi connectivity index (χ1) is 5.77. The summed E-state index contributed by atoms with van der Waals surface area (Å²) in [6.07, 6.45) is 1.74. The molecule has 0 radical (unpaired) electrons. The van der Waals surface area contributed by atoms with Crippen molar-refractivity contribution in [1.29, 1.82) is 0 Å². The molecule has 0 bridgehead atoms.